The highest BCUT2D eigenvalue weighted by molar-refractivity contribution is 7.12. The molecule has 2 aromatic rings. The minimum atomic E-state index is -0.331. The molecule has 26 heavy (non-hydrogen) atoms. The van der Waals surface area contributed by atoms with Crippen LogP contribution in [0.1, 0.15) is 28.1 Å². The van der Waals surface area contributed by atoms with E-state index >= 15 is 0 Å². The highest BCUT2D eigenvalue weighted by Gasteiger charge is 2.30. The van der Waals surface area contributed by atoms with Crippen LogP contribution < -0.4 is 10.3 Å². The maximum atomic E-state index is 12.7. The van der Waals surface area contributed by atoms with E-state index in [4.69, 9.17) is 4.74 Å². The fraction of sp³-hybridized carbons (Fsp3) is 0.421. The van der Waals surface area contributed by atoms with Crippen LogP contribution in [-0.4, -0.2) is 41.4 Å². The average Bonchev–Trinajstić information content (AvgIpc) is 3.08. The number of methoxy groups -OCH3 is 1. The zero-order chi connectivity index (χ0) is 18.7. The number of likely N-dealkylation sites (tertiary alicyclic amines) is 1. The first-order valence-corrected chi connectivity index (χ1v) is 9.48. The molecule has 1 saturated heterocycles. The second kappa shape index (κ2) is 7.86. The normalized spacial score (nSPS) is 17.2. The van der Waals surface area contributed by atoms with Crippen LogP contribution in [0, 0.1) is 12.8 Å². The van der Waals surface area contributed by atoms with Crippen molar-refractivity contribution in [1.29, 1.82) is 0 Å². The number of amides is 1. The van der Waals surface area contributed by atoms with Gasteiger partial charge in [-0.3, -0.25) is 14.4 Å². The van der Waals surface area contributed by atoms with E-state index in [0.717, 1.165) is 23.3 Å². The molecule has 2 aromatic heterocycles. The monoisotopic (exact) mass is 374 g/mol. The van der Waals surface area contributed by atoms with E-state index in [9.17, 15) is 14.4 Å². The molecule has 1 unspecified atom stereocenters. The van der Waals surface area contributed by atoms with Crippen molar-refractivity contribution in [3.05, 3.63) is 50.6 Å². The third kappa shape index (κ3) is 3.72. The summed E-state index contributed by atoms with van der Waals surface area (Å²) in [5.74, 6) is 0.00144. The van der Waals surface area contributed by atoms with Gasteiger partial charge >= 0.3 is 0 Å². The summed E-state index contributed by atoms with van der Waals surface area (Å²) < 4.78 is 6.36. The number of hydrogen-bond acceptors (Lipinski definition) is 5. The molecule has 6 nitrogen and oxygen atoms in total. The summed E-state index contributed by atoms with van der Waals surface area (Å²) in [5, 5.41) is 1.92. The van der Waals surface area contributed by atoms with E-state index in [1.165, 1.54) is 23.0 Å². The van der Waals surface area contributed by atoms with E-state index in [1.54, 1.807) is 23.2 Å². The van der Waals surface area contributed by atoms with Crippen LogP contribution in [0.15, 0.2) is 34.6 Å². The molecule has 0 N–H and O–H groups in total. The Bertz CT molecular complexity index is 870. The summed E-state index contributed by atoms with van der Waals surface area (Å²) >= 11 is 1.46. The summed E-state index contributed by atoms with van der Waals surface area (Å²) in [6.45, 7) is 2.91. The first-order valence-electron chi connectivity index (χ1n) is 8.60. The smallest absolute Gasteiger partial charge is 0.293 e. The summed E-state index contributed by atoms with van der Waals surface area (Å²) in [5.41, 5.74) is 0.661. The van der Waals surface area contributed by atoms with Gasteiger partial charge in [0.1, 0.15) is 6.54 Å². The molecule has 1 aliphatic heterocycles. The van der Waals surface area contributed by atoms with Crippen molar-refractivity contribution in [2.45, 2.75) is 26.3 Å². The van der Waals surface area contributed by atoms with Crippen LogP contribution >= 0.6 is 11.3 Å². The largest absolute Gasteiger partial charge is 0.491 e. The number of carbonyl (C=O) groups is 2. The lowest BCUT2D eigenvalue weighted by molar-refractivity contribution is -0.133. The second-order valence-electron chi connectivity index (χ2n) is 6.49. The number of carbonyl (C=O) groups excluding carboxylic acids is 2. The number of piperidine rings is 1. The molecule has 1 aliphatic rings. The zero-order valence-electron chi connectivity index (χ0n) is 14.9. The number of rotatable bonds is 5. The predicted octanol–water partition coefficient (Wildman–Crippen LogP) is 2.35. The third-order valence-corrected chi connectivity index (χ3v) is 5.77. The zero-order valence-corrected chi connectivity index (χ0v) is 15.8. The van der Waals surface area contributed by atoms with Gasteiger partial charge in [0.25, 0.3) is 5.56 Å². The Morgan fingerprint density at radius 1 is 1.35 bits per heavy atom. The molecule has 0 spiro atoms. The number of pyridine rings is 1. The van der Waals surface area contributed by atoms with E-state index < -0.39 is 0 Å². The van der Waals surface area contributed by atoms with Crippen molar-refractivity contribution in [3.8, 4) is 5.75 Å². The van der Waals surface area contributed by atoms with Gasteiger partial charge in [-0.25, -0.2) is 0 Å². The summed E-state index contributed by atoms with van der Waals surface area (Å²) in [6, 6.07) is 5.19. The molecule has 1 fully saturated rings. The average molecular weight is 374 g/mol. The summed E-state index contributed by atoms with van der Waals surface area (Å²) in [7, 11) is 1.43. The Morgan fingerprint density at radius 3 is 2.85 bits per heavy atom. The van der Waals surface area contributed by atoms with Crippen LogP contribution in [0.4, 0.5) is 0 Å². The molecule has 0 aliphatic carbocycles. The molecule has 3 rings (SSSR count). The standard InChI is InChI=1S/C19H22N2O4S/c1-13-7-10-26-18(13)17(23)14-5-3-8-20(11-14)16(22)12-21-9-4-6-15(25-2)19(21)24/h4,6-7,9-10,14H,3,5,8,11-12H2,1-2H3. The lowest BCUT2D eigenvalue weighted by Gasteiger charge is -2.32. The van der Waals surface area contributed by atoms with Crippen LogP contribution in [-0.2, 0) is 11.3 Å². The maximum Gasteiger partial charge on any atom is 0.293 e. The van der Waals surface area contributed by atoms with E-state index in [1.807, 2.05) is 18.4 Å². The van der Waals surface area contributed by atoms with Gasteiger partial charge < -0.3 is 14.2 Å². The molecule has 1 atom stereocenters. The fourth-order valence-electron chi connectivity index (χ4n) is 3.27. The Balaban J connectivity index is 1.70. The number of Topliss-reactive ketones (excluding diaryl/α,β-unsaturated/α-hetero) is 1. The second-order valence-corrected chi connectivity index (χ2v) is 7.40. The van der Waals surface area contributed by atoms with Crippen LogP contribution in [0.5, 0.6) is 5.75 Å². The molecule has 0 aromatic carbocycles. The van der Waals surface area contributed by atoms with Crippen molar-refractivity contribution < 1.29 is 14.3 Å². The maximum absolute atomic E-state index is 12.7. The SMILES string of the molecule is COc1cccn(CC(=O)N2CCCC(C(=O)c3sccc3C)C2)c1=O. The highest BCUT2D eigenvalue weighted by atomic mass is 32.1. The van der Waals surface area contributed by atoms with Crippen molar-refractivity contribution in [3.63, 3.8) is 0 Å². The van der Waals surface area contributed by atoms with Gasteiger partial charge in [0.2, 0.25) is 5.91 Å². The van der Waals surface area contributed by atoms with Crippen LogP contribution in [0.2, 0.25) is 0 Å². The van der Waals surface area contributed by atoms with Crippen molar-refractivity contribution in [1.82, 2.24) is 9.47 Å². The highest BCUT2D eigenvalue weighted by Crippen LogP contribution is 2.25. The molecule has 0 bridgehead atoms. The summed E-state index contributed by atoms with van der Waals surface area (Å²) in [4.78, 5) is 40.1. The van der Waals surface area contributed by atoms with Gasteiger partial charge in [0, 0.05) is 25.2 Å². The lowest BCUT2D eigenvalue weighted by atomic mass is 9.92. The Hall–Kier alpha value is -2.41. The Morgan fingerprint density at radius 2 is 2.15 bits per heavy atom. The Labute approximate surface area is 156 Å². The molecule has 0 radical (unpaired) electrons. The van der Waals surface area contributed by atoms with Crippen molar-refractivity contribution >= 4 is 23.0 Å². The first-order chi connectivity index (χ1) is 12.5. The molecule has 0 saturated carbocycles. The van der Waals surface area contributed by atoms with Gasteiger partial charge in [0.15, 0.2) is 11.5 Å². The molecule has 7 heteroatoms. The topological polar surface area (TPSA) is 68.6 Å². The number of ketones is 1. The number of ether oxygens (including phenoxy) is 1. The van der Waals surface area contributed by atoms with Gasteiger partial charge in [-0.1, -0.05) is 0 Å². The van der Waals surface area contributed by atoms with E-state index in [0.29, 0.717) is 13.1 Å². The number of aryl methyl sites for hydroxylation is 1. The van der Waals surface area contributed by atoms with Crippen molar-refractivity contribution in [2.75, 3.05) is 20.2 Å². The molecular formula is C19H22N2O4S. The minimum absolute atomic E-state index is 0.0467. The van der Waals surface area contributed by atoms with E-state index in [2.05, 4.69) is 0 Å². The van der Waals surface area contributed by atoms with Crippen LogP contribution in [0.3, 0.4) is 0 Å². The fourth-order valence-corrected chi connectivity index (χ4v) is 4.21. The molecule has 1 amide bonds. The third-order valence-electron chi connectivity index (χ3n) is 4.74. The van der Waals surface area contributed by atoms with Crippen LogP contribution in [0.25, 0.3) is 0 Å². The first kappa shape index (κ1) is 18.4. The quantitative estimate of drug-likeness (QED) is 0.754. The molecular weight excluding hydrogens is 352 g/mol. The minimum Gasteiger partial charge on any atom is -0.491 e. The van der Waals surface area contributed by atoms with Gasteiger partial charge in [0.05, 0.1) is 12.0 Å². The van der Waals surface area contributed by atoms with Gasteiger partial charge in [-0.15, -0.1) is 11.3 Å². The summed E-state index contributed by atoms with van der Waals surface area (Å²) in [6.07, 6.45) is 3.16. The predicted molar refractivity (Wildman–Crippen MR) is 99.9 cm³/mol. The molecule has 138 valence electrons. The number of aromatic nitrogens is 1. The number of hydrogen-bond donors (Lipinski definition) is 0. The number of thiophene rings is 1. The van der Waals surface area contributed by atoms with Crippen molar-refractivity contribution in [2.24, 2.45) is 5.92 Å². The lowest BCUT2D eigenvalue weighted by Crippen LogP contribution is -2.44. The van der Waals surface area contributed by atoms with Gasteiger partial charge in [-0.2, -0.15) is 0 Å². The Kier molecular flexibility index (Phi) is 5.56. The number of nitrogens with zero attached hydrogens (tertiary/aromatic N) is 2. The molecule has 3 heterocycles. The van der Waals surface area contributed by atoms with Gasteiger partial charge in [-0.05, 0) is 48.9 Å². The van der Waals surface area contributed by atoms with E-state index in [-0.39, 0.29) is 35.5 Å².